The number of rotatable bonds is 5. The van der Waals surface area contributed by atoms with Crippen LogP contribution in [0.2, 0.25) is 0 Å². The minimum Gasteiger partial charge on any atom is -0.326 e. The van der Waals surface area contributed by atoms with Crippen LogP contribution in [0.5, 0.6) is 0 Å². The molecule has 5 nitrogen and oxygen atoms in total. The molecule has 0 aliphatic carbocycles. The molecule has 0 spiro atoms. The van der Waals surface area contributed by atoms with Crippen LogP contribution in [0.3, 0.4) is 0 Å². The summed E-state index contributed by atoms with van der Waals surface area (Å²) in [5.74, 6) is -0.0925. The maximum Gasteiger partial charge on any atom is 0.243 e. The Morgan fingerprint density at radius 1 is 0.967 bits per heavy atom. The highest BCUT2D eigenvalue weighted by Crippen LogP contribution is 2.27. The Balaban J connectivity index is 1.48. The van der Waals surface area contributed by atoms with Gasteiger partial charge < -0.3 is 5.32 Å². The molecule has 0 saturated heterocycles. The van der Waals surface area contributed by atoms with Crippen LogP contribution >= 0.6 is 0 Å². The summed E-state index contributed by atoms with van der Waals surface area (Å²) >= 11 is 0. The van der Waals surface area contributed by atoms with Crippen molar-refractivity contribution in [3.05, 3.63) is 95.1 Å². The average Bonchev–Trinajstić information content (AvgIpc) is 2.74. The number of benzene rings is 3. The van der Waals surface area contributed by atoms with Crippen LogP contribution in [0.1, 0.15) is 22.3 Å². The Hall–Kier alpha value is -2.96. The molecule has 0 radical (unpaired) electrons. The molecule has 1 aliphatic rings. The molecule has 30 heavy (non-hydrogen) atoms. The van der Waals surface area contributed by atoms with Crippen LogP contribution in [0.4, 0.5) is 5.69 Å². The van der Waals surface area contributed by atoms with Crippen LogP contribution in [0.15, 0.2) is 77.7 Å². The summed E-state index contributed by atoms with van der Waals surface area (Å²) in [6.45, 7) is 2.75. The second-order valence-corrected chi connectivity index (χ2v) is 9.54. The van der Waals surface area contributed by atoms with Crippen LogP contribution in [0.25, 0.3) is 0 Å². The molecular formula is C24H24N2O3S. The molecule has 0 saturated carbocycles. The molecular weight excluding hydrogens is 396 g/mol. The first-order valence-corrected chi connectivity index (χ1v) is 11.4. The maximum atomic E-state index is 12.9. The zero-order valence-corrected chi connectivity index (χ0v) is 17.7. The average molecular weight is 421 g/mol. The fourth-order valence-electron chi connectivity index (χ4n) is 3.77. The van der Waals surface area contributed by atoms with E-state index in [1.54, 1.807) is 30.3 Å². The van der Waals surface area contributed by atoms with E-state index in [-0.39, 0.29) is 5.91 Å². The summed E-state index contributed by atoms with van der Waals surface area (Å²) in [6.07, 6.45) is 0.951. The number of hydrogen-bond donors (Lipinski definition) is 1. The van der Waals surface area contributed by atoms with Crippen molar-refractivity contribution in [1.29, 1.82) is 0 Å². The number of amides is 1. The number of carbonyl (C=O) groups is 1. The van der Waals surface area contributed by atoms with E-state index in [1.807, 2.05) is 49.4 Å². The van der Waals surface area contributed by atoms with Gasteiger partial charge in [0, 0.05) is 18.8 Å². The van der Waals surface area contributed by atoms with Crippen molar-refractivity contribution in [1.82, 2.24) is 4.31 Å². The number of anilines is 1. The minimum absolute atomic E-state index is 0.0925. The third-order valence-corrected chi connectivity index (χ3v) is 7.15. The lowest BCUT2D eigenvalue weighted by Crippen LogP contribution is -2.36. The molecule has 0 aromatic heterocycles. The van der Waals surface area contributed by atoms with Crippen LogP contribution in [-0.2, 0) is 34.2 Å². The second kappa shape index (κ2) is 8.42. The molecule has 0 unspecified atom stereocenters. The second-order valence-electron chi connectivity index (χ2n) is 7.60. The first kappa shape index (κ1) is 20.3. The molecule has 154 valence electrons. The van der Waals surface area contributed by atoms with Gasteiger partial charge in [-0.15, -0.1) is 0 Å². The van der Waals surface area contributed by atoms with E-state index in [2.05, 4.69) is 5.32 Å². The van der Waals surface area contributed by atoms with E-state index < -0.39 is 10.0 Å². The Morgan fingerprint density at radius 2 is 1.77 bits per heavy atom. The van der Waals surface area contributed by atoms with Crippen molar-refractivity contribution >= 4 is 21.6 Å². The van der Waals surface area contributed by atoms with E-state index in [9.17, 15) is 13.2 Å². The molecule has 1 N–H and O–H groups in total. The molecule has 0 atom stereocenters. The van der Waals surface area contributed by atoms with Gasteiger partial charge >= 0.3 is 0 Å². The largest absolute Gasteiger partial charge is 0.326 e. The molecule has 4 rings (SSSR count). The van der Waals surface area contributed by atoms with E-state index in [0.29, 0.717) is 36.5 Å². The summed E-state index contributed by atoms with van der Waals surface area (Å²) in [7, 11) is -3.54. The summed E-state index contributed by atoms with van der Waals surface area (Å²) in [5, 5.41) is 2.94. The molecule has 1 aliphatic heterocycles. The minimum atomic E-state index is -3.54. The molecule has 0 fully saturated rings. The molecule has 1 heterocycles. The Labute approximate surface area is 177 Å². The van der Waals surface area contributed by atoms with E-state index in [4.69, 9.17) is 0 Å². The van der Waals surface area contributed by atoms with Gasteiger partial charge in [-0.1, -0.05) is 54.1 Å². The zero-order valence-electron chi connectivity index (χ0n) is 16.8. The van der Waals surface area contributed by atoms with Gasteiger partial charge in [0.15, 0.2) is 0 Å². The number of hydrogen-bond acceptors (Lipinski definition) is 3. The topological polar surface area (TPSA) is 66.5 Å². The molecule has 3 aromatic carbocycles. The highest BCUT2D eigenvalue weighted by atomic mass is 32.2. The van der Waals surface area contributed by atoms with E-state index in [1.165, 1.54) is 4.31 Å². The van der Waals surface area contributed by atoms with Crippen molar-refractivity contribution in [2.45, 2.75) is 31.2 Å². The van der Waals surface area contributed by atoms with Gasteiger partial charge in [-0.2, -0.15) is 4.31 Å². The SMILES string of the molecule is Cc1cccc(CC(=O)Nc2ccc3c(c2)CN(S(=O)(=O)c2ccccc2)CC3)c1. The molecule has 0 bridgehead atoms. The number of aryl methyl sites for hydroxylation is 1. The van der Waals surface area contributed by atoms with Gasteiger partial charge in [-0.05, 0) is 54.3 Å². The third-order valence-electron chi connectivity index (χ3n) is 5.30. The van der Waals surface area contributed by atoms with Crippen molar-refractivity contribution in [3.63, 3.8) is 0 Å². The van der Waals surface area contributed by atoms with Crippen molar-refractivity contribution in [2.75, 3.05) is 11.9 Å². The summed E-state index contributed by atoms with van der Waals surface area (Å²) in [4.78, 5) is 12.8. The number of fused-ring (bicyclic) bond motifs is 1. The van der Waals surface area contributed by atoms with Gasteiger partial charge in [0.2, 0.25) is 15.9 Å². The quantitative estimate of drug-likeness (QED) is 0.680. The van der Waals surface area contributed by atoms with Gasteiger partial charge in [0.1, 0.15) is 0 Å². The smallest absolute Gasteiger partial charge is 0.243 e. The van der Waals surface area contributed by atoms with Gasteiger partial charge in [0.25, 0.3) is 0 Å². The third kappa shape index (κ3) is 4.45. The van der Waals surface area contributed by atoms with Gasteiger partial charge in [0.05, 0.1) is 11.3 Å². The Kier molecular flexibility index (Phi) is 5.70. The predicted octanol–water partition coefficient (Wildman–Crippen LogP) is 3.92. The standard InChI is InChI=1S/C24H24N2O3S/c1-18-6-5-7-19(14-18)15-24(27)25-22-11-10-20-12-13-26(17-21(20)16-22)30(28,29)23-8-3-2-4-9-23/h2-11,14,16H,12-13,15,17H2,1H3,(H,25,27). The summed E-state index contributed by atoms with van der Waals surface area (Å²) in [5.41, 5.74) is 4.81. The fourth-order valence-corrected chi connectivity index (χ4v) is 5.21. The first-order chi connectivity index (χ1) is 14.4. The lowest BCUT2D eigenvalue weighted by Gasteiger charge is -2.28. The highest BCUT2D eigenvalue weighted by Gasteiger charge is 2.28. The number of carbonyl (C=O) groups excluding carboxylic acids is 1. The normalized spacial score (nSPS) is 14.2. The van der Waals surface area contributed by atoms with E-state index >= 15 is 0 Å². The Morgan fingerprint density at radius 3 is 2.53 bits per heavy atom. The molecule has 1 amide bonds. The predicted molar refractivity (Wildman–Crippen MR) is 118 cm³/mol. The maximum absolute atomic E-state index is 12.9. The van der Waals surface area contributed by atoms with Crippen LogP contribution < -0.4 is 5.32 Å². The van der Waals surface area contributed by atoms with E-state index in [0.717, 1.165) is 22.3 Å². The van der Waals surface area contributed by atoms with Crippen molar-refractivity contribution in [3.8, 4) is 0 Å². The summed E-state index contributed by atoms with van der Waals surface area (Å²) < 4.78 is 27.4. The van der Waals surface area contributed by atoms with Gasteiger partial charge in [-0.25, -0.2) is 8.42 Å². The van der Waals surface area contributed by atoms with Gasteiger partial charge in [-0.3, -0.25) is 4.79 Å². The number of sulfonamides is 1. The van der Waals surface area contributed by atoms with Crippen molar-refractivity contribution < 1.29 is 13.2 Å². The zero-order chi connectivity index (χ0) is 21.1. The fraction of sp³-hybridized carbons (Fsp3) is 0.208. The van der Waals surface area contributed by atoms with Crippen LogP contribution in [0, 0.1) is 6.92 Å². The Bertz CT molecular complexity index is 1170. The number of nitrogens with one attached hydrogen (secondary N) is 1. The monoisotopic (exact) mass is 420 g/mol. The lowest BCUT2D eigenvalue weighted by atomic mass is 10.0. The van der Waals surface area contributed by atoms with Crippen LogP contribution in [-0.4, -0.2) is 25.2 Å². The molecule has 3 aromatic rings. The highest BCUT2D eigenvalue weighted by molar-refractivity contribution is 7.89. The van der Waals surface area contributed by atoms with Crippen molar-refractivity contribution in [2.24, 2.45) is 0 Å². The number of nitrogens with zero attached hydrogens (tertiary/aromatic N) is 1. The summed E-state index contributed by atoms with van der Waals surface area (Å²) in [6, 6.07) is 22.1. The first-order valence-electron chi connectivity index (χ1n) is 9.94. The lowest BCUT2D eigenvalue weighted by molar-refractivity contribution is -0.115. The molecule has 6 heteroatoms.